The van der Waals surface area contributed by atoms with Crippen molar-refractivity contribution in [2.75, 3.05) is 5.32 Å². The number of anilines is 1. The topological polar surface area (TPSA) is 34.0 Å². The van der Waals surface area contributed by atoms with Gasteiger partial charge in [-0.25, -0.2) is 0 Å². The van der Waals surface area contributed by atoms with E-state index in [2.05, 4.69) is 27.9 Å². The van der Waals surface area contributed by atoms with Crippen LogP contribution in [0.15, 0.2) is 36.4 Å². The second-order valence-electron chi connectivity index (χ2n) is 3.88. The van der Waals surface area contributed by atoms with Gasteiger partial charge in [-0.15, -0.1) is 0 Å². The summed E-state index contributed by atoms with van der Waals surface area (Å²) in [5.74, 6) is -0.0817. The maximum absolute atomic E-state index is 12.0. The Morgan fingerprint density at radius 3 is 2.35 bits per heavy atom. The van der Waals surface area contributed by atoms with Crippen molar-refractivity contribution in [3.05, 3.63) is 51.4 Å². The Morgan fingerprint density at radius 1 is 1.18 bits per heavy atom. The van der Waals surface area contributed by atoms with E-state index in [0.29, 0.717) is 5.69 Å². The number of benzene rings is 1. The van der Waals surface area contributed by atoms with Gasteiger partial charge < -0.3 is 9.88 Å². The van der Waals surface area contributed by atoms with Crippen molar-refractivity contribution in [1.82, 2.24) is 4.57 Å². The Kier molecular flexibility index (Phi) is 3.51. The van der Waals surface area contributed by atoms with Crippen molar-refractivity contribution in [3.8, 4) is 0 Å². The van der Waals surface area contributed by atoms with Crippen molar-refractivity contribution >= 4 is 34.2 Å². The quantitative estimate of drug-likeness (QED) is 0.837. The summed E-state index contributed by atoms with van der Waals surface area (Å²) in [6.45, 7) is 1.97. The third kappa shape index (κ3) is 2.69. The monoisotopic (exact) mass is 340 g/mol. The molecule has 1 amide bonds. The van der Waals surface area contributed by atoms with E-state index in [1.807, 2.05) is 54.9 Å². The van der Waals surface area contributed by atoms with Gasteiger partial charge in [-0.3, -0.25) is 4.79 Å². The molecule has 88 valence electrons. The molecule has 0 saturated heterocycles. The highest BCUT2D eigenvalue weighted by molar-refractivity contribution is 14.1. The van der Waals surface area contributed by atoms with E-state index < -0.39 is 0 Å². The zero-order valence-corrected chi connectivity index (χ0v) is 11.9. The largest absolute Gasteiger partial charge is 0.344 e. The van der Waals surface area contributed by atoms with Gasteiger partial charge in [0.05, 0.1) is 0 Å². The molecule has 0 saturated carbocycles. The molecule has 0 spiro atoms. The predicted octanol–water partition coefficient (Wildman–Crippen LogP) is 3.19. The smallest absolute Gasteiger partial charge is 0.272 e. The molecule has 0 fully saturated rings. The fraction of sp³-hybridized carbons (Fsp3) is 0.154. The molecule has 0 bridgehead atoms. The number of nitrogens with one attached hydrogen (secondary N) is 1. The summed E-state index contributed by atoms with van der Waals surface area (Å²) >= 11 is 2.23. The first-order valence-electron chi connectivity index (χ1n) is 5.27. The molecule has 0 aliphatic carbocycles. The molecule has 4 heteroatoms. The number of carbonyl (C=O) groups excluding carboxylic acids is 1. The minimum atomic E-state index is -0.0817. The second kappa shape index (κ2) is 4.91. The van der Waals surface area contributed by atoms with Crippen LogP contribution in [0.2, 0.25) is 0 Å². The van der Waals surface area contributed by atoms with E-state index in [1.54, 1.807) is 0 Å². The van der Waals surface area contributed by atoms with E-state index in [0.717, 1.165) is 15.0 Å². The fourth-order valence-corrected chi connectivity index (χ4v) is 1.93. The average Bonchev–Trinajstić information content (AvgIpc) is 2.63. The van der Waals surface area contributed by atoms with E-state index in [1.165, 1.54) is 0 Å². The highest BCUT2D eigenvalue weighted by atomic mass is 127. The highest BCUT2D eigenvalue weighted by Gasteiger charge is 2.10. The first-order valence-corrected chi connectivity index (χ1v) is 6.35. The summed E-state index contributed by atoms with van der Waals surface area (Å²) in [5, 5.41) is 2.88. The van der Waals surface area contributed by atoms with E-state index in [9.17, 15) is 4.79 Å². The van der Waals surface area contributed by atoms with Crippen molar-refractivity contribution in [2.45, 2.75) is 6.92 Å². The molecule has 0 atom stereocenters. The molecule has 2 rings (SSSR count). The lowest BCUT2D eigenvalue weighted by atomic mass is 10.3. The van der Waals surface area contributed by atoms with E-state index in [-0.39, 0.29) is 5.91 Å². The third-order valence-corrected chi connectivity index (χ3v) is 3.43. The molecule has 17 heavy (non-hydrogen) atoms. The summed E-state index contributed by atoms with van der Waals surface area (Å²) in [6.07, 6.45) is 0. The molecule has 0 unspecified atom stereocenters. The van der Waals surface area contributed by atoms with Gasteiger partial charge in [0.15, 0.2) is 0 Å². The summed E-state index contributed by atoms with van der Waals surface area (Å²) in [6, 6.07) is 11.5. The number of hydrogen-bond donors (Lipinski definition) is 1. The first-order chi connectivity index (χ1) is 8.08. The number of amides is 1. The fourth-order valence-electron chi connectivity index (χ4n) is 1.57. The van der Waals surface area contributed by atoms with Gasteiger partial charge in [-0.2, -0.15) is 0 Å². The van der Waals surface area contributed by atoms with Crippen LogP contribution in [0.25, 0.3) is 0 Å². The van der Waals surface area contributed by atoms with Gasteiger partial charge in [0.2, 0.25) is 0 Å². The maximum Gasteiger partial charge on any atom is 0.272 e. The molecule has 1 N–H and O–H groups in total. The van der Waals surface area contributed by atoms with E-state index >= 15 is 0 Å². The summed E-state index contributed by atoms with van der Waals surface area (Å²) < 4.78 is 3.03. The van der Waals surface area contributed by atoms with Crippen molar-refractivity contribution in [3.63, 3.8) is 0 Å². The Morgan fingerprint density at radius 2 is 1.82 bits per heavy atom. The normalized spacial score (nSPS) is 10.3. The van der Waals surface area contributed by atoms with Gasteiger partial charge in [0.1, 0.15) is 5.69 Å². The van der Waals surface area contributed by atoms with Crippen LogP contribution in [-0.4, -0.2) is 10.5 Å². The van der Waals surface area contributed by atoms with Crippen LogP contribution in [0.3, 0.4) is 0 Å². The molecule has 3 nitrogen and oxygen atoms in total. The van der Waals surface area contributed by atoms with Crippen LogP contribution in [0.5, 0.6) is 0 Å². The van der Waals surface area contributed by atoms with Crippen molar-refractivity contribution in [2.24, 2.45) is 7.05 Å². The Hall–Kier alpha value is -1.30. The lowest BCUT2D eigenvalue weighted by Gasteiger charge is -2.07. The number of aryl methyl sites for hydroxylation is 1. The number of aromatic nitrogens is 1. The third-order valence-electron chi connectivity index (χ3n) is 2.71. The molecule has 0 aliphatic heterocycles. The van der Waals surface area contributed by atoms with E-state index in [4.69, 9.17) is 0 Å². The summed E-state index contributed by atoms with van der Waals surface area (Å²) in [7, 11) is 1.89. The van der Waals surface area contributed by atoms with Gasteiger partial charge >= 0.3 is 0 Å². The molecule has 1 aromatic heterocycles. The molecular formula is C13H13IN2O. The maximum atomic E-state index is 12.0. The summed E-state index contributed by atoms with van der Waals surface area (Å²) in [5.41, 5.74) is 2.55. The van der Waals surface area contributed by atoms with Gasteiger partial charge in [0.25, 0.3) is 5.91 Å². The van der Waals surface area contributed by atoms with Crippen LogP contribution in [0, 0.1) is 10.5 Å². The lowest BCUT2D eigenvalue weighted by Crippen LogP contribution is -2.15. The highest BCUT2D eigenvalue weighted by Crippen LogP contribution is 2.13. The number of nitrogens with zero attached hydrogens (tertiary/aromatic N) is 1. The van der Waals surface area contributed by atoms with Crippen LogP contribution in [0.4, 0.5) is 5.69 Å². The molecule has 1 aromatic carbocycles. The van der Waals surface area contributed by atoms with Crippen LogP contribution < -0.4 is 5.32 Å². The summed E-state index contributed by atoms with van der Waals surface area (Å²) in [4.78, 5) is 12.0. The standard InChI is InChI=1S/C13H13IN2O/c1-9-3-8-12(16(9)2)13(17)15-11-6-4-10(14)5-7-11/h3-8H,1-2H3,(H,15,17). The van der Waals surface area contributed by atoms with Crippen molar-refractivity contribution < 1.29 is 4.79 Å². The number of carbonyl (C=O) groups is 1. The lowest BCUT2D eigenvalue weighted by molar-refractivity contribution is 0.101. The van der Waals surface area contributed by atoms with Crippen LogP contribution in [0.1, 0.15) is 16.2 Å². The number of halogens is 1. The Bertz CT molecular complexity index is 543. The van der Waals surface area contributed by atoms with Gasteiger partial charge in [-0.1, -0.05) is 0 Å². The Labute approximate surface area is 114 Å². The minimum absolute atomic E-state index is 0.0817. The van der Waals surface area contributed by atoms with Crippen LogP contribution in [-0.2, 0) is 7.05 Å². The zero-order chi connectivity index (χ0) is 12.4. The first kappa shape index (κ1) is 12.2. The van der Waals surface area contributed by atoms with Crippen LogP contribution >= 0.6 is 22.6 Å². The SMILES string of the molecule is Cc1ccc(C(=O)Nc2ccc(I)cc2)n1C. The molecule has 2 aromatic rings. The molecule has 0 radical (unpaired) electrons. The zero-order valence-electron chi connectivity index (χ0n) is 9.70. The minimum Gasteiger partial charge on any atom is -0.344 e. The molecular weight excluding hydrogens is 327 g/mol. The van der Waals surface area contributed by atoms with Gasteiger partial charge in [-0.05, 0) is 65.9 Å². The van der Waals surface area contributed by atoms with Crippen molar-refractivity contribution in [1.29, 1.82) is 0 Å². The van der Waals surface area contributed by atoms with Gasteiger partial charge in [0, 0.05) is 22.0 Å². The molecule has 0 aliphatic rings. The Balaban J connectivity index is 2.17. The second-order valence-corrected chi connectivity index (χ2v) is 5.13. The predicted molar refractivity (Wildman–Crippen MR) is 77.3 cm³/mol. The average molecular weight is 340 g/mol. The number of hydrogen-bond acceptors (Lipinski definition) is 1. The number of rotatable bonds is 2. The molecule has 1 heterocycles.